The van der Waals surface area contributed by atoms with E-state index in [0.717, 1.165) is 11.0 Å². The monoisotopic (exact) mass is 290 g/mol. The Morgan fingerprint density at radius 2 is 2.05 bits per heavy atom. The SMILES string of the molecule is CNc1c(F)cccc1C(=O)N(CC(F)(F)F)C1CC1. The summed E-state index contributed by atoms with van der Waals surface area (Å²) in [6.45, 7) is -1.31. The Morgan fingerprint density at radius 3 is 2.55 bits per heavy atom. The van der Waals surface area contributed by atoms with E-state index >= 15 is 0 Å². The van der Waals surface area contributed by atoms with Crippen molar-refractivity contribution in [2.24, 2.45) is 0 Å². The highest BCUT2D eigenvalue weighted by Gasteiger charge is 2.41. The van der Waals surface area contributed by atoms with Crippen molar-refractivity contribution in [3.63, 3.8) is 0 Å². The Bertz CT molecular complexity index is 512. The zero-order valence-electron chi connectivity index (χ0n) is 10.8. The molecule has 110 valence electrons. The van der Waals surface area contributed by atoms with Crippen LogP contribution in [0.2, 0.25) is 0 Å². The number of carbonyl (C=O) groups excluding carboxylic acids is 1. The molecule has 1 amide bonds. The molecule has 1 aliphatic carbocycles. The van der Waals surface area contributed by atoms with Crippen LogP contribution in [0.1, 0.15) is 23.2 Å². The van der Waals surface area contributed by atoms with Crippen molar-refractivity contribution in [3.05, 3.63) is 29.6 Å². The van der Waals surface area contributed by atoms with Gasteiger partial charge in [-0.2, -0.15) is 13.2 Å². The Hall–Kier alpha value is -1.79. The standard InChI is InChI=1S/C13H14F4N2O/c1-18-11-9(3-2-4-10(11)14)12(20)19(8-5-6-8)7-13(15,16)17/h2-4,8,18H,5-7H2,1H3. The number of amides is 1. The van der Waals surface area contributed by atoms with Gasteiger partial charge in [-0.1, -0.05) is 6.07 Å². The molecule has 3 nitrogen and oxygen atoms in total. The average molecular weight is 290 g/mol. The summed E-state index contributed by atoms with van der Waals surface area (Å²) in [4.78, 5) is 13.0. The molecule has 1 aromatic rings. The van der Waals surface area contributed by atoms with Gasteiger partial charge in [0.25, 0.3) is 5.91 Å². The van der Waals surface area contributed by atoms with Crippen LogP contribution in [-0.4, -0.2) is 36.6 Å². The third kappa shape index (κ3) is 3.20. The van der Waals surface area contributed by atoms with Gasteiger partial charge in [-0.3, -0.25) is 4.79 Å². The molecule has 20 heavy (non-hydrogen) atoms. The first-order chi connectivity index (χ1) is 9.33. The molecule has 2 rings (SSSR count). The molecule has 0 unspecified atom stereocenters. The fourth-order valence-corrected chi connectivity index (χ4v) is 2.06. The minimum atomic E-state index is -4.47. The molecule has 0 atom stereocenters. The van der Waals surface area contributed by atoms with Gasteiger partial charge >= 0.3 is 6.18 Å². The summed E-state index contributed by atoms with van der Waals surface area (Å²) in [6.07, 6.45) is -3.37. The maximum absolute atomic E-state index is 13.6. The predicted octanol–water partition coefficient (Wildman–Crippen LogP) is 3.03. The largest absolute Gasteiger partial charge is 0.406 e. The summed E-state index contributed by atoms with van der Waals surface area (Å²) in [6, 6.07) is 3.37. The number of alkyl halides is 3. The maximum atomic E-state index is 13.6. The van der Waals surface area contributed by atoms with Crippen LogP contribution in [-0.2, 0) is 0 Å². The number of hydrogen-bond donors (Lipinski definition) is 1. The second-order valence-corrected chi connectivity index (χ2v) is 4.69. The molecule has 1 fully saturated rings. The molecule has 0 spiro atoms. The number of nitrogens with one attached hydrogen (secondary N) is 1. The number of benzene rings is 1. The molecular weight excluding hydrogens is 276 g/mol. The van der Waals surface area contributed by atoms with E-state index in [9.17, 15) is 22.4 Å². The van der Waals surface area contributed by atoms with E-state index < -0.39 is 30.5 Å². The molecule has 7 heteroatoms. The Labute approximate surface area is 113 Å². The highest BCUT2D eigenvalue weighted by Crippen LogP contribution is 2.33. The van der Waals surface area contributed by atoms with Gasteiger partial charge in [0, 0.05) is 13.1 Å². The summed E-state index contributed by atoms with van der Waals surface area (Å²) in [5, 5.41) is 2.52. The summed E-state index contributed by atoms with van der Waals surface area (Å²) in [7, 11) is 1.42. The van der Waals surface area contributed by atoms with E-state index in [0.29, 0.717) is 12.8 Å². The summed E-state index contributed by atoms with van der Waals surface area (Å²) in [5.74, 6) is -1.46. The lowest BCUT2D eigenvalue weighted by Gasteiger charge is -2.24. The third-order valence-electron chi connectivity index (χ3n) is 3.09. The van der Waals surface area contributed by atoms with E-state index in [1.165, 1.54) is 19.2 Å². The van der Waals surface area contributed by atoms with Gasteiger partial charge in [0.05, 0.1) is 11.3 Å². The van der Waals surface area contributed by atoms with Crippen LogP contribution >= 0.6 is 0 Å². The summed E-state index contributed by atoms with van der Waals surface area (Å²) in [5.41, 5.74) is -0.158. The van der Waals surface area contributed by atoms with Gasteiger partial charge < -0.3 is 10.2 Å². The van der Waals surface area contributed by atoms with Crippen LogP contribution in [0.25, 0.3) is 0 Å². The first kappa shape index (κ1) is 14.6. The van der Waals surface area contributed by atoms with E-state index in [-0.39, 0.29) is 11.3 Å². The fourth-order valence-electron chi connectivity index (χ4n) is 2.06. The smallest absolute Gasteiger partial charge is 0.385 e. The number of halogens is 4. The third-order valence-corrected chi connectivity index (χ3v) is 3.09. The molecule has 0 saturated heterocycles. The van der Waals surface area contributed by atoms with Crippen molar-refractivity contribution >= 4 is 11.6 Å². The summed E-state index contributed by atoms with van der Waals surface area (Å²) >= 11 is 0. The van der Waals surface area contributed by atoms with Gasteiger partial charge in [0.1, 0.15) is 12.4 Å². The lowest BCUT2D eigenvalue weighted by atomic mass is 10.1. The van der Waals surface area contributed by atoms with Crippen LogP contribution in [0.5, 0.6) is 0 Å². The lowest BCUT2D eigenvalue weighted by Crippen LogP contribution is -2.40. The van der Waals surface area contributed by atoms with Gasteiger partial charge in [-0.25, -0.2) is 4.39 Å². The quantitative estimate of drug-likeness (QED) is 0.864. The lowest BCUT2D eigenvalue weighted by molar-refractivity contribution is -0.141. The molecule has 0 radical (unpaired) electrons. The van der Waals surface area contributed by atoms with Crippen LogP contribution in [0, 0.1) is 5.82 Å². The molecule has 0 bridgehead atoms. The highest BCUT2D eigenvalue weighted by atomic mass is 19.4. The Kier molecular flexibility index (Phi) is 3.87. The molecule has 0 aliphatic heterocycles. The van der Waals surface area contributed by atoms with E-state index in [1.807, 2.05) is 0 Å². The van der Waals surface area contributed by atoms with E-state index in [4.69, 9.17) is 0 Å². The van der Waals surface area contributed by atoms with Gasteiger partial charge in [0.15, 0.2) is 0 Å². The zero-order chi connectivity index (χ0) is 14.9. The van der Waals surface area contributed by atoms with Crippen molar-refractivity contribution < 1.29 is 22.4 Å². The number of para-hydroxylation sites is 1. The van der Waals surface area contributed by atoms with Crippen molar-refractivity contribution in [1.29, 1.82) is 0 Å². The van der Waals surface area contributed by atoms with Gasteiger partial charge in [0.2, 0.25) is 0 Å². The van der Waals surface area contributed by atoms with Crippen molar-refractivity contribution in [3.8, 4) is 0 Å². The Morgan fingerprint density at radius 1 is 1.40 bits per heavy atom. The minimum absolute atomic E-state index is 0.0784. The highest BCUT2D eigenvalue weighted by molar-refractivity contribution is 6.00. The number of anilines is 1. The van der Waals surface area contributed by atoms with Crippen LogP contribution in [0.3, 0.4) is 0 Å². The molecule has 0 aromatic heterocycles. The molecule has 1 aromatic carbocycles. The number of nitrogens with zero attached hydrogens (tertiary/aromatic N) is 1. The average Bonchev–Trinajstić information content (AvgIpc) is 3.18. The second-order valence-electron chi connectivity index (χ2n) is 4.69. The van der Waals surface area contributed by atoms with Gasteiger partial charge in [-0.15, -0.1) is 0 Å². The zero-order valence-corrected chi connectivity index (χ0v) is 10.8. The number of carbonyl (C=O) groups is 1. The van der Waals surface area contributed by atoms with Crippen LogP contribution in [0.4, 0.5) is 23.2 Å². The topological polar surface area (TPSA) is 32.3 Å². The minimum Gasteiger partial charge on any atom is -0.385 e. The normalized spacial score (nSPS) is 15.1. The van der Waals surface area contributed by atoms with Crippen LogP contribution < -0.4 is 5.32 Å². The first-order valence-corrected chi connectivity index (χ1v) is 6.17. The predicted molar refractivity (Wildman–Crippen MR) is 66.1 cm³/mol. The first-order valence-electron chi connectivity index (χ1n) is 6.17. The molecule has 0 heterocycles. The summed E-state index contributed by atoms with van der Waals surface area (Å²) < 4.78 is 51.2. The second kappa shape index (κ2) is 5.30. The van der Waals surface area contributed by atoms with Crippen molar-refractivity contribution in [2.75, 3.05) is 18.9 Å². The molecule has 1 saturated carbocycles. The number of hydrogen-bond acceptors (Lipinski definition) is 2. The van der Waals surface area contributed by atoms with Crippen molar-refractivity contribution in [2.45, 2.75) is 25.1 Å². The van der Waals surface area contributed by atoms with Gasteiger partial charge in [-0.05, 0) is 25.0 Å². The Balaban J connectivity index is 2.30. The fraction of sp³-hybridized carbons (Fsp3) is 0.462. The molecular formula is C13H14F4N2O. The van der Waals surface area contributed by atoms with E-state index in [1.54, 1.807) is 0 Å². The van der Waals surface area contributed by atoms with Crippen molar-refractivity contribution in [1.82, 2.24) is 4.90 Å². The molecule has 1 aliphatic rings. The number of rotatable bonds is 4. The van der Waals surface area contributed by atoms with Crippen LogP contribution in [0.15, 0.2) is 18.2 Å². The maximum Gasteiger partial charge on any atom is 0.406 e. The molecule has 1 N–H and O–H groups in total. The van der Waals surface area contributed by atoms with E-state index in [2.05, 4.69) is 5.32 Å².